The summed E-state index contributed by atoms with van der Waals surface area (Å²) in [5.74, 6) is 0.748. The average Bonchev–Trinajstić information content (AvgIpc) is 2.74. The first kappa shape index (κ1) is 12.5. The molecule has 0 amide bonds. The van der Waals surface area contributed by atoms with Crippen LogP contribution < -0.4 is 10.1 Å². The molecule has 0 atom stereocenters. The van der Waals surface area contributed by atoms with Crippen molar-refractivity contribution in [3.05, 3.63) is 34.9 Å². The van der Waals surface area contributed by atoms with Crippen molar-refractivity contribution in [1.82, 2.24) is 20.6 Å². The second-order valence-electron chi connectivity index (χ2n) is 4.01. The Bertz CT molecular complexity index is 525. The first-order valence-electron chi connectivity index (χ1n) is 5.72. The number of aryl methyl sites for hydroxylation is 2. The molecule has 0 fully saturated rings. The normalized spacial score (nSPS) is 10.6. The second kappa shape index (κ2) is 5.59. The van der Waals surface area contributed by atoms with Gasteiger partial charge in [-0.15, -0.1) is 0 Å². The van der Waals surface area contributed by atoms with Crippen LogP contribution in [0.15, 0.2) is 16.8 Å². The number of pyridine rings is 1. The molecule has 2 heterocycles. The van der Waals surface area contributed by atoms with Crippen LogP contribution in [0.5, 0.6) is 5.75 Å². The summed E-state index contributed by atoms with van der Waals surface area (Å²) in [6.07, 6.45) is 0. The number of hydrogen-bond acceptors (Lipinski definition) is 6. The topological polar surface area (TPSA) is 73.1 Å². The second-order valence-corrected chi connectivity index (χ2v) is 4.01. The smallest absolute Gasteiger partial charge is 0.145 e. The zero-order valence-corrected chi connectivity index (χ0v) is 10.7. The molecule has 0 aromatic carbocycles. The highest BCUT2D eigenvalue weighted by Crippen LogP contribution is 2.18. The predicted octanol–water partition coefficient (Wildman–Crippen LogP) is 1.38. The maximum absolute atomic E-state index is 5.70. The van der Waals surface area contributed by atoms with Gasteiger partial charge in [0.2, 0.25) is 0 Å². The van der Waals surface area contributed by atoms with Crippen molar-refractivity contribution >= 4 is 0 Å². The monoisotopic (exact) mass is 248 g/mol. The van der Waals surface area contributed by atoms with Gasteiger partial charge in [0.1, 0.15) is 23.7 Å². The van der Waals surface area contributed by atoms with Gasteiger partial charge in [0.05, 0.1) is 5.69 Å². The highest BCUT2D eigenvalue weighted by molar-refractivity contribution is 5.29. The summed E-state index contributed by atoms with van der Waals surface area (Å²) in [6.45, 7) is 4.77. The van der Waals surface area contributed by atoms with E-state index < -0.39 is 0 Å². The van der Waals surface area contributed by atoms with Gasteiger partial charge in [0.25, 0.3) is 0 Å². The SMILES string of the molecule is CNCc1nc(C)ccc1OCc1nonc1C. The quantitative estimate of drug-likeness (QED) is 0.861. The molecule has 96 valence electrons. The molecule has 2 aromatic heterocycles. The number of rotatable bonds is 5. The van der Waals surface area contributed by atoms with E-state index >= 15 is 0 Å². The lowest BCUT2D eigenvalue weighted by Crippen LogP contribution is -2.10. The Morgan fingerprint density at radius 1 is 1.22 bits per heavy atom. The molecule has 0 aliphatic rings. The van der Waals surface area contributed by atoms with E-state index in [1.54, 1.807) is 0 Å². The molecular weight excluding hydrogens is 232 g/mol. The minimum Gasteiger partial charge on any atom is -0.485 e. The van der Waals surface area contributed by atoms with Gasteiger partial charge in [0, 0.05) is 12.2 Å². The van der Waals surface area contributed by atoms with Crippen LogP contribution in [-0.2, 0) is 13.2 Å². The number of hydrogen-bond donors (Lipinski definition) is 1. The molecule has 0 unspecified atom stereocenters. The fraction of sp³-hybridized carbons (Fsp3) is 0.417. The van der Waals surface area contributed by atoms with Crippen LogP contribution in [0.2, 0.25) is 0 Å². The van der Waals surface area contributed by atoms with E-state index in [2.05, 4.69) is 25.2 Å². The highest BCUT2D eigenvalue weighted by Gasteiger charge is 2.09. The third kappa shape index (κ3) is 2.84. The number of nitrogens with zero attached hydrogens (tertiary/aromatic N) is 3. The largest absolute Gasteiger partial charge is 0.485 e. The van der Waals surface area contributed by atoms with Gasteiger partial charge in [-0.1, -0.05) is 10.3 Å². The Hall–Kier alpha value is -1.95. The van der Waals surface area contributed by atoms with Crippen molar-refractivity contribution in [2.24, 2.45) is 0 Å². The van der Waals surface area contributed by atoms with Crippen molar-refractivity contribution in [1.29, 1.82) is 0 Å². The molecular formula is C12H16N4O2. The van der Waals surface area contributed by atoms with Gasteiger partial charge in [-0.25, -0.2) is 4.63 Å². The van der Waals surface area contributed by atoms with Crippen LogP contribution in [0.25, 0.3) is 0 Å². The lowest BCUT2D eigenvalue weighted by molar-refractivity contribution is 0.267. The summed E-state index contributed by atoms with van der Waals surface area (Å²) >= 11 is 0. The fourth-order valence-electron chi connectivity index (χ4n) is 1.55. The van der Waals surface area contributed by atoms with Crippen molar-refractivity contribution in [2.45, 2.75) is 27.0 Å². The van der Waals surface area contributed by atoms with E-state index in [-0.39, 0.29) is 0 Å². The Morgan fingerprint density at radius 3 is 2.72 bits per heavy atom. The number of ether oxygens (including phenoxy) is 1. The van der Waals surface area contributed by atoms with Crippen LogP contribution in [0.1, 0.15) is 22.8 Å². The fourth-order valence-corrected chi connectivity index (χ4v) is 1.55. The van der Waals surface area contributed by atoms with E-state index in [1.807, 2.05) is 33.0 Å². The minimum absolute atomic E-state index is 0.330. The zero-order valence-electron chi connectivity index (χ0n) is 10.7. The van der Waals surface area contributed by atoms with Crippen LogP contribution in [0.3, 0.4) is 0 Å². The van der Waals surface area contributed by atoms with Crippen LogP contribution in [0.4, 0.5) is 0 Å². The molecule has 0 saturated carbocycles. The molecule has 0 aliphatic carbocycles. The van der Waals surface area contributed by atoms with Crippen molar-refractivity contribution in [3.8, 4) is 5.75 Å². The molecule has 2 aromatic rings. The van der Waals surface area contributed by atoms with Gasteiger partial charge >= 0.3 is 0 Å². The third-order valence-electron chi connectivity index (χ3n) is 2.53. The summed E-state index contributed by atoms with van der Waals surface area (Å²) in [4.78, 5) is 4.44. The third-order valence-corrected chi connectivity index (χ3v) is 2.53. The Morgan fingerprint density at radius 2 is 2.06 bits per heavy atom. The molecule has 6 nitrogen and oxygen atoms in total. The minimum atomic E-state index is 0.330. The van der Waals surface area contributed by atoms with E-state index in [0.29, 0.717) is 18.8 Å². The molecule has 0 spiro atoms. The Kier molecular flexibility index (Phi) is 3.88. The first-order chi connectivity index (χ1) is 8.70. The molecule has 0 saturated heterocycles. The highest BCUT2D eigenvalue weighted by atomic mass is 16.6. The van der Waals surface area contributed by atoms with E-state index in [1.165, 1.54) is 0 Å². The lowest BCUT2D eigenvalue weighted by Gasteiger charge is -2.10. The van der Waals surface area contributed by atoms with Gasteiger partial charge in [0.15, 0.2) is 0 Å². The molecule has 1 N–H and O–H groups in total. The predicted molar refractivity (Wildman–Crippen MR) is 65.1 cm³/mol. The number of nitrogens with one attached hydrogen (secondary N) is 1. The lowest BCUT2D eigenvalue weighted by atomic mass is 10.3. The van der Waals surface area contributed by atoms with Gasteiger partial charge in [-0.3, -0.25) is 4.98 Å². The molecule has 2 rings (SSSR count). The zero-order chi connectivity index (χ0) is 13.0. The summed E-state index contributed by atoms with van der Waals surface area (Å²) in [5.41, 5.74) is 3.29. The summed E-state index contributed by atoms with van der Waals surface area (Å²) < 4.78 is 10.3. The Labute approximate surface area is 105 Å². The van der Waals surface area contributed by atoms with Gasteiger partial charge in [-0.2, -0.15) is 0 Å². The molecule has 0 bridgehead atoms. The number of aromatic nitrogens is 3. The first-order valence-corrected chi connectivity index (χ1v) is 5.72. The molecule has 6 heteroatoms. The molecule has 18 heavy (non-hydrogen) atoms. The van der Waals surface area contributed by atoms with E-state index in [9.17, 15) is 0 Å². The van der Waals surface area contributed by atoms with Crippen molar-refractivity contribution in [2.75, 3.05) is 7.05 Å². The van der Waals surface area contributed by atoms with Gasteiger partial charge in [-0.05, 0) is 33.0 Å². The van der Waals surface area contributed by atoms with E-state index in [4.69, 9.17) is 4.74 Å². The van der Waals surface area contributed by atoms with E-state index in [0.717, 1.165) is 22.8 Å². The van der Waals surface area contributed by atoms with Crippen LogP contribution >= 0.6 is 0 Å². The summed E-state index contributed by atoms with van der Waals surface area (Å²) in [7, 11) is 1.87. The maximum atomic E-state index is 5.70. The standard InChI is InChI=1S/C12H16N4O2/c1-8-4-5-12(10(14-8)6-13-3)17-7-11-9(2)15-18-16-11/h4-5,13H,6-7H2,1-3H3. The average molecular weight is 248 g/mol. The Balaban J connectivity index is 2.11. The molecule has 0 aliphatic heterocycles. The van der Waals surface area contributed by atoms with Crippen LogP contribution in [-0.4, -0.2) is 22.3 Å². The molecule has 0 radical (unpaired) electrons. The van der Waals surface area contributed by atoms with Crippen molar-refractivity contribution in [3.63, 3.8) is 0 Å². The summed E-state index contributed by atoms with van der Waals surface area (Å²) in [6, 6.07) is 3.83. The van der Waals surface area contributed by atoms with Crippen molar-refractivity contribution < 1.29 is 9.37 Å². The maximum Gasteiger partial charge on any atom is 0.145 e. The van der Waals surface area contributed by atoms with Crippen LogP contribution in [0, 0.1) is 13.8 Å². The van der Waals surface area contributed by atoms with Gasteiger partial charge < -0.3 is 10.1 Å². The summed E-state index contributed by atoms with van der Waals surface area (Å²) in [5, 5.41) is 10.6.